The molecular weight excluding hydrogens is 328 g/mol. The normalized spacial score (nSPS) is 19.7. The molecule has 2 fully saturated rings. The van der Waals surface area contributed by atoms with Crippen molar-refractivity contribution < 1.29 is 9.59 Å². The Morgan fingerprint density at radius 1 is 1.08 bits per heavy atom. The molecule has 3 N–H and O–H groups in total. The van der Waals surface area contributed by atoms with Gasteiger partial charge in [-0.05, 0) is 44.4 Å². The van der Waals surface area contributed by atoms with Crippen LogP contribution in [0.4, 0.5) is 16.2 Å². The van der Waals surface area contributed by atoms with Crippen molar-refractivity contribution in [3.63, 3.8) is 0 Å². The van der Waals surface area contributed by atoms with Crippen molar-refractivity contribution in [2.45, 2.75) is 38.1 Å². The molecule has 0 radical (unpaired) electrons. The van der Waals surface area contributed by atoms with E-state index in [1.165, 1.54) is 0 Å². The highest BCUT2D eigenvalue weighted by Crippen LogP contribution is 2.23. The SMILES string of the molecule is Cl.O=C(CC1CCCN1)Nc1ccccc1NC(=O)N1CCCC1. The smallest absolute Gasteiger partial charge is 0.321 e. The summed E-state index contributed by atoms with van der Waals surface area (Å²) in [6.07, 6.45) is 4.75. The number of para-hydroxylation sites is 2. The lowest BCUT2D eigenvalue weighted by atomic mass is 10.1. The van der Waals surface area contributed by atoms with Crippen molar-refractivity contribution in [1.82, 2.24) is 10.2 Å². The first kappa shape index (κ1) is 18.5. The average Bonchev–Trinajstić information content (AvgIpc) is 3.22. The van der Waals surface area contributed by atoms with E-state index < -0.39 is 0 Å². The van der Waals surface area contributed by atoms with Gasteiger partial charge in [-0.2, -0.15) is 0 Å². The van der Waals surface area contributed by atoms with Crippen LogP contribution in [0, 0.1) is 0 Å². The van der Waals surface area contributed by atoms with Gasteiger partial charge < -0.3 is 20.9 Å². The Labute approximate surface area is 148 Å². The Hall–Kier alpha value is -1.79. The third-order valence-electron chi connectivity index (χ3n) is 4.43. The van der Waals surface area contributed by atoms with Gasteiger partial charge in [-0.15, -0.1) is 12.4 Å². The third-order valence-corrected chi connectivity index (χ3v) is 4.43. The topological polar surface area (TPSA) is 73.5 Å². The third kappa shape index (κ3) is 4.85. The van der Waals surface area contributed by atoms with Crippen LogP contribution in [0.1, 0.15) is 32.1 Å². The van der Waals surface area contributed by atoms with Crippen LogP contribution in [0.3, 0.4) is 0 Å². The van der Waals surface area contributed by atoms with E-state index in [4.69, 9.17) is 0 Å². The number of nitrogens with zero attached hydrogens (tertiary/aromatic N) is 1. The molecule has 2 heterocycles. The van der Waals surface area contributed by atoms with Gasteiger partial charge in [0.15, 0.2) is 0 Å². The molecule has 3 rings (SSSR count). The minimum absolute atomic E-state index is 0. The minimum atomic E-state index is -0.0957. The highest BCUT2D eigenvalue weighted by molar-refractivity contribution is 5.99. The predicted molar refractivity (Wildman–Crippen MR) is 97.8 cm³/mol. The average molecular weight is 353 g/mol. The summed E-state index contributed by atoms with van der Waals surface area (Å²) >= 11 is 0. The largest absolute Gasteiger partial charge is 0.325 e. The van der Waals surface area contributed by atoms with E-state index in [9.17, 15) is 9.59 Å². The molecule has 0 saturated carbocycles. The lowest BCUT2D eigenvalue weighted by molar-refractivity contribution is -0.116. The number of nitrogens with one attached hydrogen (secondary N) is 3. The molecular formula is C17H25ClN4O2. The molecule has 1 atom stereocenters. The second-order valence-electron chi connectivity index (χ2n) is 6.22. The zero-order valence-corrected chi connectivity index (χ0v) is 14.5. The summed E-state index contributed by atoms with van der Waals surface area (Å²) in [5, 5.41) is 9.15. The van der Waals surface area contributed by atoms with Crippen LogP contribution < -0.4 is 16.0 Å². The van der Waals surface area contributed by atoms with Crippen molar-refractivity contribution in [1.29, 1.82) is 0 Å². The zero-order chi connectivity index (χ0) is 16.1. The van der Waals surface area contributed by atoms with Crippen LogP contribution >= 0.6 is 12.4 Å². The molecule has 6 nitrogen and oxygen atoms in total. The first-order chi connectivity index (χ1) is 11.2. The quantitative estimate of drug-likeness (QED) is 0.780. The number of rotatable bonds is 4. The summed E-state index contributed by atoms with van der Waals surface area (Å²) in [5.74, 6) is -0.0210. The van der Waals surface area contributed by atoms with Gasteiger partial charge in [0.1, 0.15) is 0 Å². The first-order valence-corrected chi connectivity index (χ1v) is 8.40. The predicted octanol–water partition coefficient (Wildman–Crippen LogP) is 2.82. The number of hydrogen-bond acceptors (Lipinski definition) is 3. The summed E-state index contributed by atoms with van der Waals surface area (Å²) in [6.45, 7) is 2.59. The van der Waals surface area contributed by atoms with Gasteiger partial charge in [0, 0.05) is 25.6 Å². The summed E-state index contributed by atoms with van der Waals surface area (Å²) in [5.41, 5.74) is 1.31. The molecule has 2 saturated heterocycles. The van der Waals surface area contributed by atoms with Crippen LogP contribution in [0.5, 0.6) is 0 Å². The van der Waals surface area contributed by atoms with Crippen molar-refractivity contribution in [2.24, 2.45) is 0 Å². The molecule has 0 bridgehead atoms. The fourth-order valence-electron chi connectivity index (χ4n) is 3.17. The Kier molecular flexibility index (Phi) is 6.87. The minimum Gasteiger partial charge on any atom is -0.325 e. The number of amides is 3. The highest BCUT2D eigenvalue weighted by atomic mass is 35.5. The van der Waals surface area contributed by atoms with E-state index in [2.05, 4.69) is 16.0 Å². The number of urea groups is 1. The maximum atomic E-state index is 12.2. The number of halogens is 1. The Morgan fingerprint density at radius 2 is 1.75 bits per heavy atom. The zero-order valence-electron chi connectivity index (χ0n) is 13.7. The van der Waals surface area contributed by atoms with Crippen LogP contribution in [0.25, 0.3) is 0 Å². The van der Waals surface area contributed by atoms with E-state index in [1.807, 2.05) is 24.3 Å². The number of carbonyl (C=O) groups excluding carboxylic acids is 2. The number of hydrogen-bond donors (Lipinski definition) is 3. The molecule has 1 aromatic carbocycles. The summed E-state index contributed by atoms with van der Waals surface area (Å²) < 4.78 is 0. The van der Waals surface area contributed by atoms with Gasteiger partial charge in [0.25, 0.3) is 0 Å². The van der Waals surface area contributed by atoms with Gasteiger partial charge in [0.2, 0.25) is 5.91 Å². The van der Waals surface area contributed by atoms with E-state index in [0.29, 0.717) is 17.8 Å². The van der Waals surface area contributed by atoms with Gasteiger partial charge in [0.05, 0.1) is 11.4 Å². The molecule has 2 aliphatic rings. The molecule has 2 aliphatic heterocycles. The molecule has 132 valence electrons. The fourth-order valence-corrected chi connectivity index (χ4v) is 3.17. The van der Waals surface area contributed by atoms with Crippen LogP contribution in [-0.2, 0) is 4.79 Å². The first-order valence-electron chi connectivity index (χ1n) is 8.40. The van der Waals surface area contributed by atoms with E-state index in [1.54, 1.807) is 4.90 Å². The monoisotopic (exact) mass is 352 g/mol. The summed E-state index contributed by atoms with van der Waals surface area (Å²) in [6, 6.07) is 7.52. The van der Waals surface area contributed by atoms with Crippen LogP contribution in [-0.4, -0.2) is 42.5 Å². The maximum absolute atomic E-state index is 12.2. The Morgan fingerprint density at radius 3 is 2.38 bits per heavy atom. The Bertz CT molecular complexity index is 569. The van der Waals surface area contributed by atoms with E-state index in [0.717, 1.165) is 45.3 Å². The van der Waals surface area contributed by atoms with Crippen molar-refractivity contribution >= 4 is 35.7 Å². The Balaban J connectivity index is 0.00000208. The van der Waals surface area contributed by atoms with Gasteiger partial charge in [-0.25, -0.2) is 4.79 Å². The molecule has 24 heavy (non-hydrogen) atoms. The lowest BCUT2D eigenvalue weighted by Gasteiger charge is -2.18. The van der Waals surface area contributed by atoms with Gasteiger partial charge in [-0.1, -0.05) is 12.1 Å². The lowest BCUT2D eigenvalue weighted by Crippen LogP contribution is -2.32. The van der Waals surface area contributed by atoms with Gasteiger partial charge in [-0.3, -0.25) is 4.79 Å². The van der Waals surface area contributed by atoms with Crippen molar-refractivity contribution in [3.8, 4) is 0 Å². The van der Waals surface area contributed by atoms with Crippen molar-refractivity contribution in [3.05, 3.63) is 24.3 Å². The number of carbonyl (C=O) groups is 2. The molecule has 7 heteroatoms. The number of benzene rings is 1. The van der Waals surface area contributed by atoms with Crippen LogP contribution in [0.2, 0.25) is 0 Å². The van der Waals surface area contributed by atoms with Gasteiger partial charge >= 0.3 is 6.03 Å². The molecule has 0 aromatic heterocycles. The molecule has 1 unspecified atom stereocenters. The molecule has 0 spiro atoms. The second-order valence-corrected chi connectivity index (χ2v) is 6.22. The summed E-state index contributed by atoms with van der Waals surface area (Å²) in [4.78, 5) is 26.2. The van der Waals surface area contributed by atoms with Crippen molar-refractivity contribution in [2.75, 3.05) is 30.3 Å². The molecule has 3 amide bonds. The van der Waals surface area contributed by atoms with Crippen LogP contribution in [0.15, 0.2) is 24.3 Å². The maximum Gasteiger partial charge on any atom is 0.321 e. The highest BCUT2D eigenvalue weighted by Gasteiger charge is 2.20. The second kappa shape index (κ2) is 8.89. The van der Waals surface area contributed by atoms with E-state index >= 15 is 0 Å². The molecule has 0 aliphatic carbocycles. The standard InChI is InChI=1S/C17H24N4O2.ClH/c22-16(12-13-6-5-9-18-13)19-14-7-1-2-8-15(14)20-17(23)21-10-3-4-11-21;/h1-2,7-8,13,18H,3-6,9-12H2,(H,19,22)(H,20,23);1H. The molecule has 1 aromatic rings. The summed E-state index contributed by atoms with van der Waals surface area (Å²) in [7, 11) is 0. The number of anilines is 2. The number of likely N-dealkylation sites (tertiary alicyclic amines) is 1. The fraction of sp³-hybridized carbons (Fsp3) is 0.529. The van der Waals surface area contributed by atoms with E-state index in [-0.39, 0.29) is 30.4 Å².